The molecule has 2 amide bonds. The molecule has 1 saturated heterocycles. The Morgan fingerprint density at radius 3 is 2.63 bits per heavy atom. The van der Waals surface area contributed by atoms with E-state index in [9.17, 15) is 19.2 Å². The average Bonchev–Trinajstić information content (AvgIpc) is 3.23. The van der Waals surface area contributed by atoms with Crippen molar-refractivity contribution in [3.05, 3.63) is 58.6 Å². The second-order valence-corrected chi connectivity index (χ2v) is 7.00. The smallest absolute Gasteiger partial charge is 0.349 e. The maximum atomic E-state index is 12.6. The van der Waals surface area contributed by atoms with Gasteiger partial charge in [0.1, 0.15) is 18.9 Å². The molecular weight excluding hydrogens is 390 g/mol. The van der Waals surface area contributed by atoms with E-state index >= 15 is 0 Å². The molecule has 1 aromatic heterocycles. The van der Waals surface area contributed by atoms with E-state index in [1.54, 1.807) is 30.3 Å². The molecule has 3 N–H and O–H groups in total. The Morgan fingerprint density at radius 1 is 1.23 bits per heavy atom. The zero-order valence-electron chi connectivity index (χ0n) is 16.3. The largest absolute Gasteiger partial charge is 0.480 e. The fourth-order valence-electron chi connectivity index (χ4n) is 3.24. The first kappa shape index (κ1) is 21.2. The number of hydrogen-bond acceptors (Lipinski definition) is 6. The molecule has 0 spiro atoms. The van der Waals surface area contributed by atoms with Gasteiger partial charge in [-0.15, -0.1) is 0 Å². The van der Waals surface area contributed by atoms with Gasteiger partial charge in [-0.2, -0.15) is 4.98 Å². The van der Waals surface area contributed by atoms with Gasteiger partial charge in [0.15, 0.2) is 0 Å². The van der Waals surface area contributed by atoms with Crippen LogP contribution in [0.5, 0.6) is 0 Å². The van der Waals surface area contributed by atoms with Crippen molar-refractivity contribution in [3.8, 4) is 0 Å². The number of rotatable bonds is 8. The van der Waals surface area contributed by atoms with E-state index < -0.39 is 30.0 Å². The Bertz CT molecular complexity index is 969. The molecule has 0 radical (unpaired) electrons. The number of aromatic nitrogens is 2. The predicted octanol–water partition coefficient (Wildman–Crippen LogP) is 0.161. The number of hydrogen-bond donors (Lipinski definition) is 3. The molecule has 2 heterocycles. The van der Waals surface area contributed by atoms with E-state index in [1.807, 2.05) is 0 Å². The van der Waals surface area contributed by atoms with Crippen LogP contribution in [0.4, 0.5) is 5.82 Å². The first-order valence-corrected chi connectivity index (χ1v) is 9.59. The van der Waals surface area contributed by atoms with Crippen molar-refractivity contribution in [2.75, 3.05) is 25.0 Å². The molecule has 10 nitrogen and oxygen atoms in total. The Balaban J connectivity index is 1.66. The third-order valence-electron chi connectivity index (χ3n) is 4.74. The predicted molar refractivity (Wildman–Crippen MR) is 108 cm³/mol. The van der Waals surface area contributed by atoms with Crippen LogP contribution in [0, 0.1) is 0 Å². The average molecular weight is 413 g/mol. The molecule has 2 aromatic rings. The molecule has 3 rings (SSSR count). The molecule has 1 aliphatic heterocycles. The summed E-state index contributed by atoms with van der Waals surface area (Å²) in [6.45, 7) is 0.320. The monoisotopic (exact) mass is 413 g/mol. The lowest BCUT2D eigenvalue weighted by Gasteiger charge is -2.24. The normalized spacial score (nSPS) is 15.5. The Kier molecular flexibility index (Phi) is 6.91. The fourth-order valence-corrected chi connectivity index (χ4v) is 3.24. The minimum Gasteiger partial charge on any atom is -0.480 e. The van der Waals surface area contributed by atoms with Gasteiger partial charge < -0.3 is 20.6 Å². The van der Waals surface area contributed by atoms with Crippen LogP contribution in [0.3, 0.4) is 0 Å². The van der Waals surface area contributed by atoms with Crippen molar-refractivity contribution < 1.29 is 19.5 Å². The SMILES string of the molecule is O=C(O)CN(C[C@H]1CCCN1)C(=O)Cn1ccc(NC(=O)c2ccccc2)nc1=O. The van der Waals surface area contributed by atoms with Crippen molar-refractivity contribution in [3.63, 3.8) is 0 Å². The number of anilines is 1. The van der Waals surface area contributed by atoms with E-state index in [-0.39, 0.29) is 24.9 Å². The van der Waals surface area contributed by atoms with Crippen LogP contribution in [-0.4, -0.2) is 63.0 Å². The second kappa shape index (κ2) is 9.79. The molecule has 0 saturated carbocycles. The van der Waals surface area contributed by atoms with E-state index in [0.717, 1.165) is 24.0 Å². The third-order valence-corrected chi connectivity index (χ3v) is 4.74. The molecule has 0 unspecified atom stereocenters. The minimum absolute atomic E-state index is 0.0405. The van der Waals surface area contributed by atoms with Crippen molar-refractivity contribution in [2.45, 2.75) is 25.4 Å². The molecular formula is C20H23N5O5. The number of carboxylic acids is 1. The van der Waals surface area contributed by atoms with E-state index in [4.69, 9.17) is 5.11 Å². The van der Waals surface area contributed by atoms with Crippen molar-refractivity contribution in [1.29, 1.82) is 0 Å². The topological polar surface area (TPSA) is 134 Å². The summed E-state index contributed by atoms with van der Waals surface area (Å²) in [4.78, 5) is 53.2. The number of aliphatic carboxylic acids is 1. The van der Waals surface area contributed by atoms with Gasteiger partial charge in [0, 0.05) is 24.3 Å². The van der Waals surface area contributed by atoms with E-state index in [2.05, 4.69) is 15.6 Å². The molecule has 0 bridgehead atoms. The lowest BCUT2D eigenvalue weighted by molar-refractivity contribution is -0.145. The van der Waals surface area contributed by atoms with Gasteiger partial charge in [0.05, 0.1) is 0 Å². The van der Waals surface area contributed by atoms with Crippen molar-refractivity contribution in [1.82, 2.24) is 19.8 Å². The quantitative estimate of drug-likeness (QED) is 0.561. The summed E-state index contributed by atoms with van der Waals surface area (Å²) >= 11 is 0. The maximum Gasteiger partial charge on any atom is 0.349 e. The number of nitrogens with one attached hydrogen (secondary N) is 2. The maximum absolute atomic E-state index is 12.6. The summed E-state index contributed by atoms with van der Waals surface area (Å²) < 4.78 is 1.08. The Labute approximate surface area is 172 Å². The summed E-state index contributed by atoms with van der Waals surface area (Å²) in [6, 6.07) is 9.93. The molecule has 1 fully saturated rings. The van der Waals surface area contributed by atoms with E-state index in [0.29, 0.717) is 5.56 Å². The number of carboxylic acid groups (broad SMARTS) is 1. The summed E-state index contributed by atoms with van der Waals surface area (Å²) in [6.07, 6.45) is 3.18. The van der Waals surface area contributed by atoms with Crippen LogP contribution in [0.15, 0.2) is 47.4 Å². The van der Waals surface area contributed by atoms with Gasteiger partial charge in [-0.1, -0.05) is 18.2 Å². The van der Waals surface area contributed by atoms with Crippen molar-refractivity contribution >= 4 is 23.6 Å². The zero-order valence-corrected chi connectivity index (χ0v) is 16.3. The summed E-state index contributed by atoms with van der Waals surface area (Å²) in [5.74, 6) is -1.95. The number of carbonyl (C=O) groups is 3. The molecule has 1 atom stereocenters. The summed E-state index contributed by atoms with van der Waals surface area (Å²) in [5, 5.41) is 14.9. The molecule has 1 aliphatic rings. The van der Waals surface area contributed by atoms with Crippen molar-refractivity contribution in [2.24, 2.45) is 0 Å². The summed E-state index contributed by atoms with van der Waals surface area (Å²) in [7, 11) is 0. The summed E-state index contributed by atoms with van der Waals surface area (Å²) in [5.41, 5.74) is -0.299. The molecule has 158 valence electrons. The first-order valence-electron chi connectivity index (χ1n) is 9.59. The van der Waals surface area contributed by atoms with Gasteiger partial charge in [-0.3, -0.25) is 19.0 Å². The number of benzene rings is 1. The van der Waals surface area contributed by atoms with Crippen LogP contribution in [0.2, 0.25) is 0 Å². The number of nitrogens with zero attached hydrogens (tertiary/aromatic N) is 3. The molecule has 1 aromatic carbocycles. The number of amides is 2. The van der Waals surface area contributed by atoms with Crippen LogP contribution in [0.25, 0.3) is 0 Å². The van der Waals surface area contributed by atoms with Gasteiger partial charge in [0.25, 0.3) is 5.91 Å². The van der Waals surface area contributed by atoms with Crippen LogP contribution in [-0.2, 0) is 16.1 Å². The van der Waals surface area contributed by atoms with Gasteiger partial charge >= 0.3 is 11.7 Å². The number of carbonyl (C=O) groups excluding carboxylic acids is 2. The lowest BCUT2D eigenvalue weighted by atomic mass is 10.2. The fraction of sp³-hybridized carbons (Fsp3) is 0.350. The lowest BCUT2D eigenvalue weighted by Crippen LogP contribution is -2.45. The van der Waals surface area contributed by atoms with Crippen LogP contribution >= 0.6 is 0 Å². The van der Waals surface area contributed by atoms with Gasteiger partial charge in [-0.05, 0) is 37.6 Å². The second-order valence-electron chi connectivity index (χ2n) is 7.00. The zero-order chi connectivity index (χ0) is 21.5. The highest BCUT2D eigenvalue weighted by Crippen LogP contribution is 2.08. The van der Waals surface area contributed by atoms with Gasteiger partial charge in [-0.25, -0.2) is 4.79 Å². The minimum atomic E-state index is -1.12. The first-order chi connectivity index (χ1) is 14.4. The van der Waals surface area contributed by atoms with Gasteiger partial charge in [0.2, 0.25) is 5.91 Å². The Morgan fingerprint density at radius 2 is 2.00 bits per heavy atom. The highest BCUT2D eigenvalue weighted by Gasteiger charge is 2.23. The van der Waals surface area contributed by atoms with Crippen LogP contribution in [0.1, 0.15) is 23.2 Å². The third kappa shape index (κ3) is 5.74. The molecule has 0 aliphatic carbocycles. The highest BCUT2D eigenvalue weighted by molar-refractivity contribution is 6.03. The van der Waals surface area contributed by atoms with E-state index in [1.165, 1.54) is 17.2 Å². The van der Waals surface area contributed by atoms with Crippen LogP contribution < -0.4 is 16.3 Å². The molecule has 30 heavy (non-hydrogen) atoms. The highest BCUT2D eigenvalue weighted by atomic mass is 16.4. The Hall–Kier alpha value is -3.53. The standard InChI is InChI=1S/C20H23N5O5/c26-17(25(13-18(27)28)11-15-7-4-9-21-15)12-24-10-8-16(23-20(24)30)22-19(29)14-5-2-1-3-6-14/h1-3,5-6,8,10,15,21H,4,7,9,11-13H2,(H,27,28)(H,22,23,29,30)/t15-/m1/s1. The molecule has 10 heteroatoms.